The van der Waals surface area contributed by atoms with Crippen molar-refractivity contribution < 1.29 is 33.4 Å². The molecule has 326 valence electrons. The van der Waals surface area contributed by atoms with Crippen LogP contribution in [0.5, 0.6) is 11.5 Å². The first-order chi connectivity index (χ1) is 29.7. The molecule has 4 amide bonds. The molecule has 0 saturated carbocycles. The number of carbonyl (C=O) groups is 4. The molecule has 62 heavy (non-hydrogen) atoms. The van der Waals surface area contributed by atoms with Gasteiger partial charge in [-0.05, 0) is 66.5 Å². The van der Waals surface area contributed by atoms with Gasteiger partial charge in [0, 0.05) is 47.8 Å². The highest BCUT2D eigenvalue weighted by molar-refractivity contribution is 5.93. The van der Waals surface area contributed by atoms with Crippen molar-refractivity contribution in [2.75, 3.05) is 27.2 Å². The molecule has 0 bridgehead atoms. The van der Waals surface area contributed by atoms with Crippen molar-refractivity contribution in [2.24, 2.45) is 11.8 Å². The van der Waals surface area contributed by atoms with Gasteiger partial charge in [0.1, 0.15) is 29.2 Å². The van der Waals surface area contributed by atoms with Crippen molar-refractivity contribution in [3.8, 4) is 34.0 Å². The summed E-state index contributed by atoms with van der Waals surface area (Å²) in [6, 6.07) is 15.5. The number of amides is 4. The quantitative estimate of drug-likeness (QED) is 0.108. The van der Waals surface area contributed by atoms with Crippen molar-refractivity contribution in [1.82, 2.24) is 40.4 Å². The number of carbonyl (C=O) groups excluding carboxylic acids is 4. The third-order valence-electron chi connectivity index (χ3n) is 12.7. The van der Waals surface area contributed by atoms with E-state index in [1.54, 1.807) is 11.1 Å². The lowest BCUT2D eigenvalue weighted by atomic mass is 9.73. The molecule has 2 saturated heterocycles. The van der Waals surface area contributed by atoms with Gasteiger partial charge in [-0.2, -0.15) is 0 Å². The number of H-pyrrole nitrogens is 2. The van der Waals surface area contributed by atoms with Crippen LogP contribution < -0.4 is 15.4 Å². The number of imidazole rings is 2. The van der Waals surface area contributed by atoms with Crippen LogP contribution in [0.4, 0.5) is 9.59 Å². The number of fused-ring (bicyclic) bond motifs is 4. The first-order valence-corrected chi connectivity index (χ1v) is 21.5. The summed E-state index contributed by atoms with van der Waals surface area (Å²) in [5.74, 6) is 2.29. The van der Waals surface area contributed by atoms with Gasteiger partial charge < -0.3 is 44.6 Å². The molecule has 4 N–H and O–H groups in total. The Bertz CT molecular complexity index is 2520. The van der Waals surface area contributed by atoms with Gasteiger partial charge in [-0.25, -0.2) is 19.6 Å². The second-order valence-electron chi connectivity index (χ2n) is 17.7. The molecule has 3 aliphatic rings. The summed E-state index contributed by atoms with van der Waals surface area (Å²) < 4.78 is 16.9. The fraction of sp³-hybridized carbons (Fsp3) is 0.447. The molecule has 3 aromatic carbocycles. The summed E-state index contributed by atoms with van der Waals surface area (Å²) in [4.78, 5) is 71.5. The zero-order chi connectivity index (χ0) is 44.0. The maximum atomic E-state index is 13.7. The standard InChI is InChI=1S/C47H56N8O7/c1-25(2)39(53-46(59)60-8)43(56)54-19-9-11-34(54)41-49-23-32(51-41)28-13-16-30-27(21-28)15-18-36-38(30)47(5,6)31-17-14-29(22-37(31)61-36)33-24-50-42(52-33)35-12-10-20-55(35)44(57)40(26(3)4)62-45(58)48-7/h13-18,21-26,34-35,39-40H,9-12,19-20H2,1-8H3,(H,48,58)(H,49,51)(H,50,52)(H,53,59)/t34-,35-,39-,40-/m0/s1. The minimum Gasteiger partial charge on any atom is -0.457 e. The number of nitrogens with zero attached hydrogens (tertiary/aromatic N) is 4. The number of nitrogens with one attached hydrogen (secondary N) is 4. The van der Waals surface area contributed by atoms with Crippen molar-refractivity contribution in [2.45, 2.75) is 96.9 Å². The SMILES string of the molecule is CNC(=O)O[C@H](C(=O)N1CCC[C@H]1c1ncc(-c2ccc3c(c2)Oc2ccc4cc(-c5cnc([C@@H]6CCCN6C(=O)[C@@H](NC(=O)OC)C(C)C)[nH]5)ccc4c2C3(C)C)[nH]1)C(C)C. The minimum absolute atomic E-state index is 0.117. The molecule has 0 aliphatic carbocycles. The van der Waals surface area contributed by atoms with Crippen LogP contribution in [0.3, 0.4) is 0 Å². The molecule has 4 atom stereocenters. The highest BCUT2D eigenvalue weighted by Gasteiger charge is 2.40. The Morgan fingerprint density at radius 1 is 0.790 bits per heavy atom. The summed E-state index contributed by atoms with van der Waals surface area (Å²) in [6.45, 7) is 13.1. The number of rotatable bonds is 10. The lowest BCUT2D eigenvalue weighted by Gasteiger charge is -2.35. The molecule has 3 aliphatic heterocycles. The molecule has 0 spiro atoms. The van der Waals surface area contributed by atoms with E-state index in [0.717, 1.165) is 81.6 Å². The normalized spacial score (nSPS) is 18.9. The molecule has 15 nitrogen and oxygen atoms in total. The predicted octanol–water partition coefficient (Wildman–Crippen LogP) is 8.14. The molecule has 8 rings (SSSR count). The van der Waals surface area contributed by atoms with Crippen LogP contribution in [0.15, 0.2) is 60.9 Å². The van der Waals surface area contributed by atoms with Gasteiger partial charge in [0.25, 0.3) is 5.91 Å². The Hall–Kier alpha value is -6.38. The van der Waals surface area contributed by atoms with Crippen LogP contribution in [-0.4, -0.2) is 93.1 Å². The topological polar surface area (TPSA) is 184 Å². The first-order valence-electron chi connectivity index (χ1n) is 21.5. The predicted molar refractivity (Wildman–Crippen MR) is 233 cm³/mol. The average molecular weight is 845 g/mol. The van der Waals surface area contributed by atoms with E-state index in [2.05, 4.69) is 70.8 Å². The van der Waals surface area contributed by atoms with Crippen LogP contribution in [0.1, 0.15) is 102 Å². The van der Waals surface area contributed by atoms with Crippen LogP contribution in [-0.2, 0) is 24.5 Å². The molecular weight excluding hydrogens is 789 g/mol. The Labute approximate surface area is 361 Å². The molecule has 15 heteroatoms. The fourth-order valence-corrected chi connectivity index (χ4v) is 9.37. The maximum absolute atomic E-state index is 13.7. The largest absolute Gasteiger partial charge is 0.457 e. The van der Waals surface area contributed by atoms with Gasteiger partial charge in [-0.3, -0.25) is 9.59 Å². The van der Waals surface area contributed by atoms with Crippen LogP contribution in [0.2, 0.25) is 0 Å². The number of benzene rings is 3. The number of methoxy groups -OCH3 is 1. The molecule has 0 unspecified atom stereocenters. The van der Waals surface area contributed by atoms with E-state index in [1.165, 1.54) is 14.2 Å². The van der Waals surface area contributed by atoms with E-state index in [4.69, 9.17) is 24.2 Å². The van der Waals surface area contributed by atoms with Crippen molar-refractivity contribution in [3.63, 3.8) is 0 Å². The Morgan fingerprint density at radius 3 is 2.00 bits per heavy atom. The lowest BCUT2D eigenvalue weighted by Crippen LogP contribution is -2.51. The van der Waals surface area contributed by atoms with Crippen molar-refractivity contribution in [3.05, 3.63) is 83.7 Å². The Morgan fingerprint density at radius 2 is 1.40 bits per heavy atom. The van der Waals surface area contributed by atoms with Crippen molar-refractivity contribution >= 4 is 34.8 Å². The highest BCUT2D eigenvalue weighted by Crippen LogP contribution is 2.51. The number of hydrogen-bond acceptors (Lipinski definition) is 9. The van der Waals surface area contributed by atoms with E-state index in [-0.39, 0.29) is 35.7 Å². The summed E-state index contributed by atoms with van der Waals surface area (Å²) in [6.07, 6.45) is 4.64. The van der Waals surface area contributed by atoms with E-state index in [9.17, 15) is 19.2 Å². The number of ether oxygens (including phenoxy) is 3. The summed E-state index contributed by atoms with van der Waals surface area (Å²) in [5, 5.41) is 7.31. The molecule has 5 heterocycles. The van der Waals surface area contributed by atoms with E-state index in [1.807, 2.05) is 50.9 Å². The zero-order valence-electron chi connectivity index (χ0n) is 36.6. The van der Waals surface area contributed by atoms with E-state index in [0.29, 0.717) is 24.7 Å². The number of aromatic nitrogens is 4. The molecule has 2 aromatic heterocycles. The monoisotopic (exact) mass is 844 g/mol. The van der Waals surface area contributed by atoms with E-state index >= 15 is 0 Å². The van der Waals surface area contributed by atoms with E-state index < -0.39 is 29.7 Å². The number of alkyl carbamates (subject to hydrolysis) is 2. The summed E-state index contributed by atoms with van der Waals surface area (Å²) >= 11 is 0. The maximum Gasteiger partial charge on any atom is 0.407 e. The van der Waals surface area contributed by atoms with Gasteiger partial charge in [0.15, 0.2) is 6.10 Å². The van der Waals surface area contributed by atoms with Gasteiger partial charge in [0.2, 0.25) is 5.91 Å². The highest BCUT2D eigenvalue weighted by atomic mass is 16.6. The van der Waals surface area contributed by atoms with Crippen LogP contribution in [0.25, 0.3) is 33.3 Å². The second-order valence-corrected chi connectivity index (χ2v) is 17.7. The number of aromatic amines is 2. The second kappa shape index (κ2) is 16.8. The fourth-order valence-electron chi connectivity index (χ4n) is 9.37. The molecular formula is C47H56N8O7. The van der Waals surface area contributed by atoms with Crippen molar-refractivity contribution in [1.29, 1.82) is 0 Å². The molecule has 5 aromatic rings. The van der Waals surface area contributed by atoms with Crippen LogP contribution >= 0.6 is 0 Å². The summed E-state index contributed by atoms with van der Waals surface area (Å²) in [7, 11) is 2.77. The third-order valence-corrected chi connectivity index (χ3v) is 12.7. The van der Waals surface area contributed by atoms with Crippen LogP contribution in [0, 0.1) is 11.8 Å². The van der Waals surface area contributed by atoms with Gasteiger partial charge in [-0.15, -0.1) is 0 Å². The smallest absolute Gasteiger partial charge is 0.407 e. The Kier molecular flexibility index (Phi) is 11.5. The Balaban J connectivity index is 1.01. The average Bonchev–Trinajstić information content (AvgIpc) is 4.10. The van der Waals surface area contributed by atoms with Gasteiger partial charge in [0.05, 0.1) is 43.0 Å². The number of hydrogen-bond donors (Lipinski definition) is 4. The zero-order valence-corrected chi connectivity index (χ0v) is 36.6. The minimum atomic E-state index is -0.894. The lowest BCUT2D eigenvalue weighted by molar-refractivity contribution is -0.143. The molecule has 0 radical (unpaired) electrons. The first kappa shape index (κ1) is 42.3. The van der Waals surface area contributed by atoms with Gasteiger partial charge in [-0.1, -0.05) is 71.9 Å². The molecule has 2 fully saturated rings. The summed E-state index contributed by atoms with van der Waals surface area (Å²) in [5.41, 5.74) is 5.31. The van der Waals surface area contributed by atoms with Gasteiger partial charge >= 0.3 is 12.2 Å². The third kappa shape index (κ3) is 7.73. The number of likely N-dealkylation sites (tertiary alicyclic amines) is 2.